The number of ether oxygens (including phenoxy) is 2. The highest BCUT2D eigenvalue weighted by atomic mass is 16.6. The second-order valence-electron chi connectivity index (χ2n) is 6.98. The van der Waals surface area contributed by atoms with Gasteiger partial charge in [0, 0.05) is 6.42 Å². The predicted molar refractivity (Wildman–Crippen MR) is 104 cm³/mol. The molecule has 0 saturated carbocycles. The lowest BCUT2D eigenvalue weighted by molar-refractivity contribution is -0.170. The van der Waals surface area contributed by atoms with Crippen LogP contribution >= 0.6 is 0 Å². The average molecular weight is 369 g/mol. The van der Waals surface area contributed by atoms with Crippen molar-refractivity contribution >= 4 is 11.9 Å². The van der Waals surface area contributed by atoms with Gasteiger partial charge in [0.1, 0.15) is 12.6 Å². The van der Waals surface area contributed by atoms with Crippen LogP contribution in [0.1, 0.15) is 30.5 Å². The third-order valence-electron chi connectivity index (χ3n) is 4.28. The highest BCUT2D eigenvalue weighted by molar-refractivity contribution is 5.82. The van der Waals surface area contributed by atoms with Gasteiger partial charge in [0.2, 0.25) is 6.10 Å². The summed E-state index contributed by atoms with van der Waals surface area (Å²) in [4.78, 5) is 24.8. The monoisotopic (exact) mass is 369 g/mol. The van der Waals surface area contributed by atoms with Gasteiger partial charge in [-0.3, -0.25) is 4.79 Å². The molecule has 0 aliphatic carbocycles. The molecule has 27 heavy (non-hydrogen) atoms. The summed E-state index contributed by atoms with van der Waals surface area (Å²) >= 11 is 0. The first-order valence-electron chi connectivity index (χ1n) is 9.09. The molecule has 2 aromatic carbocycles. The summed E-state index contributed by atoms with van der Waals surface area (Å²) in [5.41, 5.74) is 8.72. The Hall–Kier alpha value is -2.66. The number of hydrogen-bond acceptors (Lipinski definition) is 5. The Morgan fingerprint density at radius 1 is 0.926 bits per heavy atom. The molecule has 2 aromatic rings. The van der Waals surface area contributed by atoms with E-state index in [4.69, 9.17) is 15.2 Å². The van der Waals surface area contributed by atoms with Crippen LogP contribution in [0.15, 0.2) is 54.6 Å². The van der Waals surface area contributed by atoms with Crippen LogP contribution in [0.3, 0.4) is 0 Å². The quantitative estimate of drug-likeness (QED) is 0.723. The molecule has 0 radical (unpaired) electrons. The van der Waals surface area contributed by atoms with Gasteiger partial charge in [-0.2, -0.15) is 0 Å². The van der Waals surface area contributed by atoms with Crippen molar-refractivity contribution in [1.29, 1.82) is 0 Å². The third kappa shape index (κ3) is 6.53. The van der Waals surface area contributed by atoms with E-state index in [9.17, 15) is 9.59 Å². The van der Waals surface area contributed by atoms with Crippen molar-refractivity contribution in [3.8, 4) is 0 Å². The number of aryl methyl sites for hydroxylation is 1. The van der Waals surface area contributed by atoms with Gasteiger partial charge in [0.15, 0.2) is 0 Å². The molecule has 0 aliphatic heterocycles. The highest BCUT2D eigenvalue weighted by Gasteiger charge is 2.29. The lowest BCUT2D eigenvalue weighted by Crippen LogP contribution is -2.41. The Bertz CT molecular complexity index is 741. The van der Waals surface area contributed by atoms with Crippen LogP contribution in [0.2, 0.25) is 0 Å². The van der Waals surface area contributed by atoms with Crippen molar-refractivity contribution in [2.45, 2.75) is 45.9 Å². The first kappa shape index (κ1) is 20.6. The summed E-state index contributed by atoms with van der Waals surface area (Å²) in [6.07, 6.45) is -0.793. The fourth-order valence-electron chi connectivity index (χ4n) is 2.42. The summed E-state index contributed by atoms with van der Waals surface area (Å²) < 4.78 is 10.8. The molecular weight excluding hydrogens is 342 g/mol. The normalized spacial score (nSPS) is 13.1. The van der Waals surface area contributed by atoms with Gasteiger partial charge in [0.25, 0.3) is 0 Å². The van der Waals surface area contributed by atoms with E-state index in [-0.39, 0.29) is 18.9 Å². The van der Waals surface area contributed by atoms with Gasteiger partial charge in [-0.15, -0.1) is 0 Å². The molecule has 5 nitrogen and oxygen atoms in total. The molecule has 0 fully saturated rings. The molecule has 0 heterocycles. The van der Waals surface area contributed by atoms with Crippen molar-refractivity contribution in [3.63, 3.8) is 0 Å². The lowest BCUT2D eigenvalue weighted by Gasteiger charge is -2.21. The Labute approximate surface area is 160 Å². The number of hydrogen-bond donors (Lipinski definition) is 1. The van der Waals surface area contributed by atoms with Gasteiger partial charge in [-0.1, -0.05) is 74.0 Å². The van der Waals surface area contributed by atoms with Gasteiger partial charge >= 0.3 is 11.9 Å². The van der Waals surface area contributed by atoms with Crippen molar-refractivity contribution in [2.75, 3.05) is 0 Å². The van der Waals surface area contributed by atoms with Crippen LogP contribution in [0.5, 0.6) is 0 Å². The maximum Gasteiger partial charge on any atom is 0.348 e. The molecule has 0 aromatic heterocycles. The van der Waals surface area contributed by atoms with Crippen LogP contribution < -0.4 is 5.73 Å². The molecule has 1 unspecified atom stereocenters. The first-order chi connectivity index (χ1) is 12.9. The Balaban J connectivity index is 2.08. The summed E-state index contributed by atoms with van der Waals surface area (Å²) in [6, 6.07) is 16.3. The second kappa shape index (κ2) is 9.88. The number of rotatable bonds is 8. The smallest absolute Gasteiger partial charge is 0.348 e. The van der Waals surface area contributed by atoms with Gasteiger partial charge in [-0.25, -0.2) is 4.79 Å². The van der Waals surface area contributed by atoms with E-state index in [2.05, 4.69) is 0 Å². The molecule has 2 N–H and O–H groups in total. The van der Waals surface area contributed by atoms with Crippen LogP contribution in [0.4, 0.5) is 0 Å². The van der Waals surface area contributed by atoms with E-state index in [1.54, 1.807) is 0 Å². The predicted octanol–water partition coefficient (Wildman–Crippen LogP) is 3.18. The topological polar surface area (TPSA) is 78.6 Å². The standard InChI is InChI=1S/C22H27NO4/c1-15(2)20(23)22(25)27-19(13-17-11-9-16(3)10-12-17)21(24)26-14-18-7-5-4-6-8-18/h4-12,15,19-20H,13-14,23H2,1-3H3/t19?,20-/m0/s1. The van der Waals surface area contributed by atoms with Crippen LogP contribution in [0.25, 0.3) is 0 Å². The van der Waals surface area contributed by atoms with E-state index in [1.807, 2.05) is 75.4 Å². The molecule has 0 amide bonds. The zero-order valence-electron chi connectivity index (χ0n) is 16.1. The van der Waals surface area contributed by atoms with Crippen molar-refractivity contribution < 1.29 is 19.1 Å². The minimum Gasteiger partial charge on any atom is -0.458 e. The largest absolute Gasteiger partial charge is 0.458 e. The Kier molecular flexibility index (Phi) is 7.55. The summed E-state index contributed by atoms with van der Waals surface area (Å²) in [5.74, 6) is -1.26. The van der Waals surface area contributed by atoms with E-state index >= 15 is 0 Å². The van der Waals surface area contributed by atoms with Gasteiger partial charge in [-0.05, 0) is 24.0 Å². The van der Waals surface area contributed by atoms with Gasteiger partial charge in [0.05, 0.1) is 0 Å². The number of nitrogens with two attached hydrogens (primary N) is 1. The van der Waals surface area contributed by atoms with Gasteiger partial charge < -0.3 is 15.2 Å². The minimum atomic E-state index is -1.03. The first-order valence-corrected chi connectivity index (χ1v) is 9.09. The number of carbonyl (C=O) groups excluding carboxylic acids is 2. The molecule has 0 aliphatic rings. The van der Waals surface area contributed by atoms with Crippen LogP contribution in [-0.2, 0) is 32.1 Å². The fourth-order valence-corrected chi connectivity index (χ4v) is 2.42. The Morgan fingerprint density at radius 3 is 2.15 bits per heavy atom. The Morgan fingerprint density at radius 2 is 1.56 bits per heavy atom. The van der Waals surface area contributed by atoms with E-state index in [0.29, 0.717) is 0 Å². The minimum absolute atomic E-state index is 0.0853. The van der Waals surface area contributed by atoms with E-state index in [0.717, 1.165) is 16.7 Å². The molecule has 0 saturated heterocycles. The number of carbonyl (C=O) groups is 2. The molecular formula is C22H27NO4. The highest BCUT2D eigenvalue weighted by Crippen LogP contribution is 2.13. The molecule has 2 rings (SSSR count). The summed E-state index contributed by atoms with van der Waals surface area (Å²) in [5, 5.41) is 0. The number of esters is 2. The third-order valence-corrected chi connectivity index (χ3v) is 4.28. The summed E-state index contributed by atoms with van der Waals surface area (Å²) in [7, 11) is 0. The molecule has 144 valence electrons. The lowest BCUT2D eigenvalue weighted by atomic mass is 10.0. The maximum absolute atomic E-state index is 12.6. The number of benzene rings is 2. The fraction of sp³-hybridized carbons (Fsp3) is 0.364. The van der Waals surface area contributed by atoms with E-state index in [1.165, 1.54) is 0 Å². The van der Waals surface area contributed by atoms with Crippen LogP contribution in [0, 0.1) is 12.8 Å². The van der Waals surface area contributed by atoms with Crippen molar-refractivity contribution in [2.24, 2.45) is 11.7 Å². The molecule has 0 bridgehead atoms. The van der Waals surface area contributed by atoms with Crippen molar-refractivity contribution in [1.82, 2.24) is 0 Å². The molecule has 0 spiro atoms. The molecule has 5 heteroatoms. The average Bonchev–Trinajstić information content (AvgIpc) is 2.67. The molecule has 2 atom stereocenters. The zero-order valence-corrected chi connectivity index (χ0v) is 16.1. The summed E-state index contributed by atoms with van der Waals surface area (Å²) in [6.45, 7) is 5.76. The maximum atomic E-state index is 12.6. The SMILES string of the molecule is Cc1ccc(CC(OC(=O)[C@@H](N)C(C)C)C(=O)OCc2ccccc2)cc1. The van der Waals surface area contributed by atoms with Crippen molar-refractivity contribution in [3.05, 3.63) is 71.3 Å². The second-order valence-corrected chi connectivity index (χ2v) is 6.98. The van der Waals surface area contributed by atoms with E-state index < -0.39 is 24.1 Å². The van der Waals surface area contributed by atoms with Crippen LogP contribution in [-0.4, -0.2) is 24.1 Å². The zero-order chi connectivity index (χ0) is 19.8.